The first kappa shape index (κ1) is 16.2. The van der Waals surface area contributed by atoms with Gasteiger partial charge in [0.15, 0.2) is 9.84 Å². The highest BCUT2D eigenvalue weighted by molar-refractivity contribution is 7.91. The summed E-state index contributed by atoms with van der Waals surface area (Å²) in [6, 6.07) is 14.1. The van der Waals surface area contributed by atoms with Crippen LogP contribution in [0.1, 0.15) is 28.4 Å². The number of sulfone groups is 1. The standard InChI is InChI=1S/C17H19NO3S/c1-3-22(20,21)16-7-5-4-6-15(16)17(19)18-12-14-10-8-13(2)9-11-14/h4-11H,3,12H2,1-2H3,(H,18,19). The molecule has 0 aliphatic carbocycles. The minimum Gasteiger partial charge on any atom is -0.348 e. The fourth-order valence-electron chi connectivity index (χ4n) is 2.06. The Hall–Kier alpha value is -2.14. The summed E-state index contributed by atoms with van der Waals surface area (Å²) in [6.45, 7) is 3.92. The van der Waals surface area contributed by atoms with Gasteiger partial charge in [-0.15, -0.1) is 0 Å². The monoisotopic (exact) mass is 317 g/mol. The van der Waals surface area contributed by atoms with Gasteiger partial charge >= 0.3 is 0 Å². The Balaban J connectivity index is 2.18. The molecule has 0 spiro atoms. The Kier molecular flexibility index (Phi) is 4.98. The van der Waals surface area contributed by atoms with Gasteiger partial charge in [0.1, 0.15) is 0 Å². The molecule has 0 fully saturated rings. The van der Waals surface area contributed by atoms with Crippen molar-refractivity contribution in [2.75, 3.05) is 5.75 Å². The smallest absolute Gasteiger partial charge is 0.252 e. The maximum absolute atomic E-state index is 12.3. The summed E-state index contributed by atoms with van der Waals surface area (Å²) in [6.07, 6.45) is 0. The molecule has 5 heteroatoms. The number of nitrogens with one attached hydrogen (secondary N) is 1. The van der Waals surface area contributed by atoms with Crippen molar-refractivity contribution in [2.24, 2.45) is 0 Å². The highest BCUT2D eigenvalue weighted by atomic mass is 32.2. The Labute approximate surface area is 131 Å². The van der Waals surface area contributed by atoms with Gasteiger partial charge in [-0.1, -0.05) is 48.9 Å². The van der Waals surface area contributed by atoms with E-state index in [0.29, 0.717) is 6.54 Å². The molecule has 0 heterocycles. The van der Waals surface area contributed by atoms with E-state index < -0.39 is 9.84 Å². The number of benzene rings is 2. The first-order valence-corrected chi connectivity index (χ1v) is 8.75. The molecule has 22 heavy (non-hydrogen) atoms. The zero-order valence-electron chi connectivity index (χ0n) is 12.7. The van der Waals surface area contributed by atoms with Crippen molar-refractivity contribution in [3.05, 3.63) is 65.2 Å². The third-order valence-corrected chi connectivity index (χ3v) is 5.21. The average molecular weight is 317 g/mol. The summed E-state index contributed by atoms with van der Waals surface area (Å²) >= 11 is 0. The van der Waals surface area contributed by atoms with Crippen molar-refractivity contribution in [3.63, 3.8) is 0 Å². The number of rotatable bonds is 5. The van der Waals surface area contributed by atoms with Gasteiger partial charge in [-0.2, -0.15) is 0 Å². The van der Waals surface area contributed by atoms with Crippen LogP contribution in [0.4, 0.5) is 0 Å². The number of hydrogen-bond acceptors (Lipinski definition) is 3. The SMILES string of the molecule is CCS(=O)(=O)c1ccccc1C(=O)NCc1ccc(C)cc1. The van der Waals surface area contributed by atoms with Crippen molar-refractivity contribution in [1.29, 1.82) is 0 Å². The van der Waals surface area contributed by atoms with Crippen LogP contribution in [0.5, 0.6) is 0 Å². The minimum atomic E-state index is -3.42. The lowest BCUT2D eigenvalue weighted by Crippen LogP contribution is -2.25. The van der Waals surface area contributed by atoms with Gasteiger partial charge < -0.3 is 5.32 Å². The van der Waals surface area contributed by atoms with E-state index in [2.05, 4.69) is 5.32 Å². The summed E-state index contributed by atoms with van der Waals surface area (Å²) in [5.74, 6) is -0.414. The number of hydrogen-bond donors (Lipinski definition) is 1. The van der Waals surface area contributed by atoms with Crippen molar-refractivity contribution in [3.8, 4) is 0 Å². The fraction of sp³-hybridized carbons (Fsp3) is 0.235. The molecule has 0 unspecified atom stereocenters. The largest absolute Gasteiger partial charge is 0.348 e. The molecule has 0 bridgehead atoms. The molecule has 2 aromatic carbocycles. The molecule has 0 radical (unpaired) electrons. The van der Waals surface area contributed by atoms with Crippen LogP contribution in [0.3, 0.4) is 0 Å². The second-order valence-corrected chi connectivity index (χ2v) is 7.31. The Morgan fingerprint density at radius 3 is 2.32 bits per heavy atom. The topological polar surface area (TPSA) is 63.2 Å². The molecule has 0 aromatic heterocycles. The number of carbonyl (C=O) groups is 1. The van der Waals surface area contributed by atoms with E-state index in [1.807, 2.05) is 31.2 Å². The number of amides is 1. The van der Waals surface area contributed by atoms with Crippen LogP contribution in [-0.2, 0) is 16.4 Å². The molecule has 0 aliphatic rings. The highest BCUT2D eigenvalue weighted by Crippen LogP contribution is 2.17. The molecular formula is C17H19NO3S. The third kappa shape index (κ3) is 3.74. The van der Waals surface area contributed by atoms with E-state index in [1.54, 1.807) is 19.1 Å². The molecule has 1 N–H and O–H groups in total. The Morgan fingerprint density at radius 2 is 1.68 bits per heavy atom. The summed E-state index contributed by atoms with van der Waals surface area (Å²) in [5.41, 5.74) is 2.31. The van der Waals surface area contributed by atoms with Crippen LogP contribution < -0.4 is 5.32 Å². The van der Waals surface area contributed by atoms with Crippen LogP contribution in [0.2, 0.25) is 0 Å². The highest BCUT2D eigenvalue weighted by Gasteiger charge is 2.20. The van der Waals surface area contributed by atoms with Gasteiger partial charge in [0, 0.05) is 6.54 Å². The maximum Gasteiger partial charge on any atom is 0.252 e. The fourth-order valence-corrected chi connectivity index (χ4v) is 3.16. The zero-order chi connectivity index (χ0) is 16.2. The van der Waals surface area contributed by atoms with Crippen LogP contribution in [0.25, 0.3) is 0 Å². The maximum atomic E-state index is 12.3. The van der Waals surface area contributed by atoms with E-state index in [-0.39, 0.29) is 22.1 Å². The van der Waals surface area contributed by atoms with Gasteiger partial charge in [-0.05, 0) is 24.6 Å². The quantitative estimate of drug-likeness (QED) is 0.922. The van der Waals surface area contributed by atoms with Crippen LogP contribution in [0, 0.1) is 6.92 Å². The van der Waals surface area contributed by atoms with Gasteiger partial charge in [0.05, 0.1) is 16.2 Å². The molecule has 0 saturated heterocycles. The molecular weight excluding hydrogens is 298 g/mol. The lowest BCUT2D eigenvalue weighted by molar-refractivity contribution is 0.0947. The minimum absolute atomic E-state index is 0.0325. The second kappa shape index (κ2) is 6.75. The summed E-state index contributed by atoms with van der Waals surface area (Å²) in [5, 5.41) is 2.77. The summed E-state index contributed by atoms with van der Waals surface area (Å²) in [4.78, 5) is 12.4. The first-order chi connectivity index (χ1) is 10.4. The van der Waals surface area contributed by atoms with Gasteiger partial charge in [0.2, 0.25) is 0 Å². The van der Waals surface area contributed by atoms with E-state index in [9.17, 15) is 13.2 Å². The number of carbonyl (C=O) groups excluding carboxylic acids is 1. The lowest BCUT2D eigenvalue weighted by Gasteiger charge is -2.10. The van der Waals surface area contributed by atoms with E-state index in [0.717, 1.165) is 11.1 Å². The van der Waals surface area contributed by atoms with Gasteiger partial charge in [-0.25, -0.2) is 8.42 Å². The summed E-state index contributed by atoms with van der Waals surface area (Å²) < 4.78 is 24.1. The van der Waals surface area contributed by atoms with Crippen LogP contribution >= 0.6 is 0 Å². The molecule has 116 valence electrons. The normalized spacial score (nSPS) is 11.2. The zero-order valence-corrected chi connectivity index (χ0v) is 13.5. The molecule has 2 rings (SSSR count). The van der Waals surface area contributed by atoms with Crippen molar-refractivity contribution in [1.82, 2.24) is 5.32 Å². The summed E-state index contributed by atoms with van der Waals surface area (Å²) in [7, 11) is -3.42. The lowest BCUT2D eigenvalue weighted by atomic mass is 10.1. The van der Waals surface area contributed by atoms with E-state index >= 15 is 0 Å². The molecule has 1 amide bonds. The van der Waals surface area contributed by atoms with E-state index in [1.165, 1.54) is 12.1 Å². The van der Waals surface area contributed by atoms with Gasteiger partial charge in [-0.3, -0.25) is 4.79 Å². The number of aryl methyl sites for hydroxylation is 1. The van der Waals surface area contributed by atoms with E-state index in [4.69, 9.17) is 0 Å². The molecule has 0 saturated carbocycles. The first-order valence-electron chi connectivity index (χ1n) is 7.09. The average Bonchev–Trinajstić information content (AvgIpc) is 2.54. The molecule has 4 nitrogen and oxygen atoms in total. The Bertz CT molecular complexity index is 765. The predicted molar refractivity (Wildman–Crippen MR) is 86.5 cm³/mol. The van der Waals surface area contributed by atoms with Crippen LogP contribution in [-0.4, -0.2) is 20.1 Å². The molecule has 0 atom stereocenters. The second-order valence-electron chi connectivity index (χ2n) is 5.07. The third-order valence-electron chi connectivity index (χ3n) is 3.42. The predicted octanol–water partition coefficient (Wildman–Crippen LogP) is 2.72. The molecule has 2 aromatic rings. The molecule has 0 aliphatic heterocycles. The van der Waals surface area contributed by atoms with Crippen LogP contribution in [0.15, 0.2) is 53.4 Å². The van der Waals surface area contributed by atoms with Gasteiger partial charge in [0.25, 0.3) is 5.91 Å². The van der Waals surface area contributed by atoms with Crippen molar-refractivity contribution < 1.29 is 13.2 Å². The van der Waals surface area contributed by atoms with Crippen molar-refractivity contribution >= 4 is 15.7 Å². The Morgan fingerprint density at radius 1 is 1.05 bits per heavy atom. The van der Waals surface area contributed by atoms with Crippen molar-refractivity contribution in [2.45, 2.75) is 25.3 Å².